The zero-order chi connectivity index (χ0) is 16.8. The van der Waals surface area contributed by atoms with E-state index in [1.54, 1.807) is 24.3 Å². The summed E-state index contributed by atoms with van der Waals surface area (Å²) in [6.45, 7) is 5.63. The molecular formula is C18H21N3O2. The van der Waals surface area contributed by atoms with Crippen molar-refractivity contribution >= 4 is 28.9 Å². The van der Waals surface area contributed by atoms with Crippen molar-refractivity contribution in [2.45, 2.75) is 20.8 Å². The molecule has 0 saturated carbocycles. The third-order valence-electron chi connectivity index (χ3n) is 3.30. The van der Waals surface area contributed by atoms with E-state index in [-0.39, 0.29) is 18.4 Å². The number of hydrogen-bond acceptors (Lipinski definition) is 3. The molecular weight excluding hydrogens is 290 g/mol. The average molecular weight is 311 g/mol. The Labute approximate surface area is 136 Å². The van der Waals surface area contributed by atoms with Crippen molar-refractivity contribution in [3.05, 3.63) is 53.6 Å². The van der Waals surface area contributed by atoms with Gasteiger partial charge in [0.05, 0.1) is 6.54 Å². The van der Waals surface area contributed by atoms with Gasteiger partial charge in [-0.15, -0.1) is 0 Å². The molecule has 2 rings (SSSR count). The fraction of sp³-hybridized carbons (Fsp3) is 0.222. The maximum atomic E-state index is 12.1. The van der Waals surface area contributed by atoms with Crippen LogP contribution in [0.25, 0.3) is 0 Å². The molecule has 5 heteroatoms. The summed E-state index contributed by atoms with van der Waals surface area (Å²) in [4.78, 5) is 23.1. The lowest BCUT2D eigenvalue weighted by atomic mass is 10.1. The molecule has 0 heterocycles. The van der Waals surface area contributed by atoms with Crippen molar-refractivity contribution in [3.63, 3.8) is 0 Å². The molecule has 0 unspecified atom stereocenters. The van der Waals surface area contributed by atoms with E-state index in [1.165, 1.54) is 6.92 Å². The number of rotatable bonds is 5. The highest BCUT2D eigenvalue weighted by molar-refractivity contribution is 5.95. The highest BCUT2D eigenvalue weighted by Crippen LogP contribution is 2.17. The number of carbonyl (C=O) groups is 2. The Kier molecular flexibility index (Phi) is 5.36. The van der Waals surface area contributed by atoms with Crippen molar-refractivity contribution in [1.29, 1.82) is 0 Å². The first-order valence-electron chi connectivity index (χ1n) is 7.42. The Morgan fingerprint density at radius 3 is 2.35 bits per heavy atom. The molecule has 120 valence electrons. The summed E-state index contributed by atoms with van der Waals surface area (Å²) in [5.41, 5.74) is 4.48. The van der Waals surface area contributed by atoms with Crippen LogP contribution in [-0.4, -0.2) is 18.4 Å². The van der Waals surface area contributed by atoms with Crippen molar-refractivity contribution < 1.29 is 9.59 Å². The highest BCUT2D eigenvalue weighted by Gasteiger charge is 2.05. The van der Waals surface area contributed by atoms with Gasteiger partial charge in [-0.25, -0.2) is 0 Å². The van der Waals surface area contributed by atoms with Crippen molar-refractivity contribution in [2.75, 3.05) is 22.5 Å². The molecule has 5 nitrogen and oxygen atoms in total. The monoisotopic (exact) mass is 311 g/mol. The zero-order valence-electron chi connectivity index (χ0n) is 13.6. The molecule has 0 spiro atoms. The topological polar surface area (TPSA) is 70.2 Å². The van der Waals surface area contributed by atoms with Gasteiger partial charge in [0.2, 0.25) is 11.8 Å². The minimum Gasteiger partial charge on any atom is -0.376 e. The second-order valence-corrected chi connectivity index (χ2v) is 5.48. The summed E-state index contributed by atoms with van der Waals surface area (Å²) >= 11 is 0. The number of hydrogen-bond donors (Lipinski definition) is 3. The zero-order valence-corrected chi connectivity index (χ0v) is 13.6. The molecule has 0 radical (unpaired) electrons. The lowest BCUT2D eigenvalue weighted by molar-refractivity contribution is -0.115. The SMILES string of the molecule is CC(=O)Nc1cccc(NC(=O)CNc2cc(C)ccc2C)c1. The first-order chi connectivity index (χ1) is 10.9. The Bertz CT molecular complexity index is 726. The molecule has 0 aliphatic rings. The predicted molar refractivity (Wildman–Crippen MR) is 93.8 cm³/mol. The normalized spacial score (nSPS) is 10.0. The van der Waals surface area contributed by atoms with Crippen LogP contribution in [0.2, 0.25) is 0 Å². The third kappa shape index (κ3) is 5.14. The molecule has 2 aromatic rings. The van der Waals surface area contributed by atoms with E-state index in [0.29, 0.717) is 11.4 Å². The van der Waals surface area contributed by atoms with Crippen LogP contribution in [0.5, 0.6) is 0 Å². The summed E-state index contributed by atoms with van der Waals surface area (Å²) in [5, 5.41) is 8.63. The maximum Gasteiger partial charge on any atom is 0.243 e. The largest absolute Gasteiger partial charge is 0.376 e. The van der Waals surface area contributed by atoms with Crippen LogP contribution in [0.3, 0.4) is 0 Å². The van der Waals surface area contributed by atoms with E-state index in [1.807, 2.05) is 32.0 Å². The van der Waals surface area contributed by atoms with Crippen LogP contribution in [0.4, 0.5) is 17.1 Å². The number of aryl methyl sites for hydroxylation is 2. The van der Waals surface area contributed by atoms with E-state index in [0.717, 1.165) is 16.8 Å². The lowest BCUT2D eigenvalue weighted by Crippen LogP contribution is -2.22. The van der Waals surface area contributed by atoms with Crippen molar-refractivity contribution in [1.82, 2.24) is 0 Å². The Hall–Kier alpha value is -2.82. The van der Waals surface area contributed by atoms with Crippen molar-refractivity contribution in [3.8, 4) is 0 Å². The van der Waals surface area contributed by atoms with Gasteiger partial charge in [0.1, 0.15) is 0 Å². The van der Waals surface area contributed by atoms with Gasteiger partial charge in [0, 0.05) is 24.0 Å². The van der Waals surface area contributed by atoms with Crippen LogP contribution < -0.4 is 16.0 Å². The fourth-order valence-electron chi connectivity index (χ4n) is 2.18. The number of amides is 2. The van der Waals surface area contributed by atoms with Gasteiger partial charge in [-0.3, -0.25) is 9.59 Å². The van der Waals surface area contributed by atoms with Gasteiger partial charge in [-0.1, -0.05) is 18.2 Å². The van der Waals surface area contributed by atoms with Gasteiger partial charge in [-0.05, 0) is 49.2 Å². The van der Waals surface area contributed by atoms with Gasteiger partial charge >= 0.3 is 0 Å². The van der Waals surface area contributed by atoms with E-state index < -0.39 is 0 Å². The highest BCUT2D eigenvalue weighted by atomic mass is 16.2. The summed E-state index contributed by atoms with van der Waals surface area (Å²) in [7, 11) is 0. The van der Waals surface area contributed by atoms with Crippen LogP contribution >= 0.6 is 0 Å². The van der Waals surface area contributed by atoms with Gasteiger partial charge in [0.15, 0.2) is 0 Å². The summed E-state index contributed by atoms with van der Waals surface area (Å²) < 4.78 is 0. The van der Waals surface area contributed by atoms with Crippen molar-refractivity contribution in [2.24, 2.45) is 0 Å². The van der Waals surface area contributed by atoms with Gasteiger partial charge in [-0.2, -0.15) is 0 Å². The molecule has 0 saturated heterocycles. The molecule has 2 amide bonds. The van der Waals surface area contributed by atoms with Crippen LogP contribution in [-0.2, 0) is 9.59 Å². The predicted octanol–water partition coefficient (Wildman–Crippen LogP) is 3.31. The van der Waals surface area contributed by atoms with Crippen LogP contribution in [0.15, 0.2) is 42.5 Å². The first kappa shape index (κ1) is 16.5. The Balaban J connectivity index is 1.94. The average Bonchev–Trinajstić information content (AvgIpc) is 2.48. The van der Waals surface area contributed by atoms with Crippen LogP contribution in [0.1, 0.15) is 18.1 Å². The fourth-order valence-corrected chi connectivity index (χ4v) is 2.18. The van der Waals surface area contributed by atoms with E-state index >= 15 is 0 Å². The van der Waals surface area contributed by atoms with E-state index in [9.17, 15) is 9.59 Å². The maximum absolute atomic E-state index is 12.1. The molecule has 3 N–H and O–H groups in total. The number of nitrogens with one attached hydrogen (secondary N) is 3. The van der Waals surface area contributed by atoms with Gasteiger partial charge in [0.25, 0.3) is 0 Å². The summed E-state index contributed by atoms with van der Waals surface area (Å²) in [6, 6.07) is 13.1. The molecule has 0 atom stereocenters. The number of anilines is 3. The van der Waals surface area contributed by atoms with Crippen LogP contribution in [0, 0.1) is 13.8 Å². The molecule has 0 aromatic heterocycles. The Morgan fingerprint density at radius 1 is 0.957 bits per heavy atom. The molecule has 0 aliphatic heterocycles. The number of carbonyl (C=O) groups excluding carboxylic acids is 2. The minimum atomic E-state index is -0.148. The first-order valence-corrected chi connectivity index (χ1v) is 7.42. The third-order valence-corrected chi connectivity index (χ3v) is 3.30. The quantitative estimate of drug-likeness (QED) is 0.793. The van der Waals surface area contributed by atoms with E-state index in [4.69, 9.17) is 0 Å². The molecule has 2 aromatic carbocycles. The second kappa shape index (κ2) is 7.45. The molecule has 0 aliphatic carbocycles. The standard InChI is InChI=1S/C18H21N3O2/c1-12-7-8-13(2)17(9-12)19-11-18(23)21-16-6-4-5-15(10-16)20-14(3)22/h4-10,19H,11H2,1-3H3,(H,20,22)(H,21,23). The number of benzene rings is 2. The second-order valence-electron chi connectivity index (χ2n) is 5.48. The smallest absolute Gasteiger partial charge is 0.243 e. The molecule has 23 heavy (non-hydrogen) atoms. The molecule has 0 bridgehead atoms. The minimum absolute atomic E-state index is 0.147. The van der Waals surface area contributed by atoms with Gasteiger partial charge < -0.3 is 16.0 Å². The summed E-state index contributed by atoms with van der Waals surface area (Å²) in [5.74, 6) is -0.295. The van der Waals surface area contributed by atoms with E-state index in [2.05, 4.69) is 16.0 Å². The molecule has 0 fully saturated rings. The Morgan fingerprint density at radius 2 is 1.65 bits per heavy atom. The summed E-state index contributed by atoms with van der Waals surface area (Å²) in [6.07, 6.45) is 0. The lowest BCUT2D eigenvalue weighted by Gasteiger charge is -2.11.